The SMILES string of the molecule is COc1cccc(C(=O)NCC(OC)c2ccc(C)s2)c1OC. The summed E-state index contributed by atoms with van der Waals surface area (Å²) in [5.41, 5.74) is 0.434. The van der Waals surface area contributed by atoms with Gasteiger partial charge in [-0.3, -0.25) is 4.79 Å². The Morgan fingerprint density at radius 1 is 1.17 bits per heavy atom. The smallest absolute Gasteiger partial charge is 0.255 e. The van der Waals surface area contributed by atoms with E-state index in [-0.39, 0.29) is 12.0 Å². The summed E-state index contributed by atoms with van der Waals surface area (Å²) in [7, 11) is 4.69. The fourth-order valence-corrected chi connectivity index (χ4v) is 3.23. The number of para-hydroxylation sites is 1. The van der Waals surface area contributed by atoms with Gasteiger partial charge in [0.15, 0.2) is 11.5 Å². The first-order valence-electron chi connectivity index (χ1n) is 7.19. The molecule has 1 N–H and O–H groups in total. The van der Waals surface area contributed by atoms with Gasteiger partial charge in [-0.25, -0.2) is 0 Å². The standard InChI is InChI=1S/C17H21NO4S/c1-11-8-9-15(23-11)14(21-3)10-18-17(19)12-6-5-7-13(20-2)16(12)22-4/h5-9,14H,10H2,1-4H3,(H,18,19). The first kappa shape index (κ1) is 17.3. The van der Waals surface area contributed by atoms with Crippen LogP contribution in [0.1, 0.15) is 26.2 Å². The van der Waals surface area contributed by atoms with Crippen molar-refractivity contribution in [3.8, 4) is 11.5 Å². The number of thiophene rings is 1. The van der Waals surface area contributed by atoms with Crippen molar-refractivity contribution in [1.82, 2.24) is 5.32 Å². The van der Waals surface area contributed by atoms with Crippen LogP contribution in [0.15, 0.2) is 30.3 Å². The summed E-state index contributed by atoms with van der Waals surface area (Å²) in [6, 6.07) is 9.27. The van der Waals surface area contributed by atoms with Crippen LogP contribution in [0, 0.1) is 6.92 Å². The maximum absolute atomic E-state index is 12.5. The molecule has 1 atom stereocenters. The number of ether oxygens (including phenoxy) is 3. The predicted octanol–water partition coefficient (Wildman–Crippen LogP) is 3.19. The van der Waals surface area contributed by atoms with Gasteiger partial charge in [0.2, 0.25) is 0 Å². The van der Waals surface area contributed by atoms with Crippen LogP contribution < -0.4 is 14.8 Å². The van der Waals surface area contributed by atoms with Crippen LogP contribution in [0.4, 0.5) is 0 Å². The molecule has 0 aliphatic carbocycles. The Hall–Kier alpha value is -2.05. The van der Waals surface area contributed by atoms with Crippen molar-refractivity contribution in [2.45, 2.75) is 13.0 Å². The lowest BCUT2D eigenvalue weighted by molar-refractivity contribution is 0.0835. The highest BCUT2D eigenvalue weighted by Gasteiger charge is 2.19. The zero-order valence-electron chi connectivity index (χ0n) is 13.7. The van der Waals surface area contributed by atoms with E-state index in [4.69, 9.17) is 14.2 Å². The fourth-order valence-electron chi connectivity index (χ4n) is 2.27. The third-order valence-corrected chi connectivity index (χ3v) is 4.55. The normalized spacial score (nSPS) is 11.8. The third kappa shape index (κ3) is 4.03. The number of methoxy groups -OCH3 is 3. The maximum Gasteiger partial charge on any atom is 0.255 e. The number of benzene rings is 1. The van der Waals surface area contributed by atoms with Crippen LogP contribution in [0.2, 0.25) is 0 Å². The van der Waals surface area contributed by atoms with Crippen LogP contribution in [-0.4, -0.2) is 33.8 Å². The molecular formula is C17H21NO4S. The highest BCUT2D eigenvalue weighted by molar-refractivity contribution is 7.12. The summed E-state index contributed by atoms with van der Waals surface area (Å²) in [4.78, 5) is 14.7. The summed E-state index contributed by atoms with van der Waals surface area (Å²) in [5.74, 6) is 0.724. The molecule has 1 unspecified atom stereocenters. The van der Waals surface area contributed by atoms with Gasteiger partial charge >= 0.3 is 0 Å². The van der Waals surface area contributed by atoms with E-state index in [1.165, 1.54) is 12.0 Å². The molecule has 0 saturated heterocycles. The molecule has 1 heterocycles. The number of carbonyl (C=O) groups excluding carboxylic acids is 1. The number of rotatable bonds is 7. The van der Waals surface area contributed by atoms with E-state index >= 15 is 0 Å². The van der Waals surface area contributed by atoms with Gasteiger partial charge in [0.25, 0.3) is 5.91 Å². The summed E-state index contributed by atoms with van der Waals surface area (Å²) >= 11 is 1.66. The van der Waals surface area contributed by atoms with Gasteiger partial charge in [-0.2, -0.15) is 0 Å². The highest BCUT2D eigenvalue weighted by atomic mass is 32.1. The molecule has 1 aromatic heterocycles. The van der Waals surface area contributed by atoms with E-state index in [2.05, 4.69) is 5.32 Å². The van der Waals surface area contributed by atoms with Gasteiger partial charge in [-0.1, -0.05) is 6.07 Å². The number of hydrogen-bond donors (Lipinski definition) is 1. The van der Waals surface area contributed by atoms with Crippen LogP contribution in [0.25, 0.3) is 0 Å². The summed E-state index contributed by atoms with van der Waals surface area (Å²) < 4.78 is 16.0. The third-order valence-electron chi connectivity index (χ3n) is 3.46. The highest BCUT2D eigenvalue weighted by Crippen LogP contribution is 2.31. The first-order chi connectivity index (χ1) is 11.1. The van der Waals surface area contributed by atoms with Crippen molar-refractivity contribution in [2.75, 3.05) is 27.9 Å². The number of nitrogens with one attached hydrogen (secondary N) is 1. The van der Waals surface area contributed by atoms with Crippen LogP contribution in [0.3, 0.4) is 0 Å². The topological polar surface area (TPSA) is 56.8 Å². The zero-order valence-corrected chi connectivity index (χ0v) is 14.5. The molecule has 23 heavy (non-hydrogen) atoms. The predicted molar refractivity (Wildman–Crippen MR) is 90.7 cm³/mol. The lowest BCUT2D eigenvalue weighted by Crippen LogP contribution is -2.29. The minimum atomic E-state index is -0.226. The quantitative estimate of drug-likeness (QED) is 0.844. The average molecular weight is 335 g/mol. The Morgan fingerprint density at radius 3 is 2.52 bits per heavy atom. The van der Waals surface area contributed by atoms with Crippen LogP contribution >= 0.6 is 11.3 Å². The zero-order chi connectivity index (χ0) is 16.8. The molecular weight excluding hydrogens is 314 g/mol. The van der Waals surface area contributed by atoms with Gasteiger partial charge in [0.1, 0.15) is 6.10 Å². The molecule has 1 amide bonds. The molecule has 124 valence electrons. The largest absolute Gasteiger partial charge is 0.493 e. The molecule has 1 aromatic carbocycles. The molecule has 0 aliphatic rings. The van der Waals surface area contributed by atoms with E-state index in [0.29, 0.717) is 23.6 Å². The molecule has 0 fully saturated rings. The van der Waals surface area contributed by atoms with Crippen molar-refractivity contribution < 1.29 is 19.0 Å². The van der Waals surface area contributed by atoms with Gasteiger partial charge < -0.3 is 19.5 Å². The Kier molecular flexibility index (Phi) is 6.01. The van der Waals surface area contributed by atoms with Gasteiger partial charge in [-0.15, -0.1) is 11.3 Å². The van der Waals surface area contributed by atoms with E-state index in [1.54, 1.807) is 43.8 Å². The Morgan fingerprint density at radius 2 is 1.96 bits per heavy atom. The minimum absolute atomic E-state index is 0.172. The molecule has 0 radical (unpaired) electrons. The van der Waals surface area contributed by atoms with E-state index in [0.717, 1.165) is 4.88 Å². The summed E-state index contributed by atoms with van der Waals surface area (Å²) in [5, 5.41) is 2.89. The number of amides is 1. The number of aryl methyl sites for hydroxylation is 1. The summed E-state index contributed by atoms with van der Waals surface area (Å²) in [6.45, 7) is 2.43. The van der Waals surface area contributed by atoms with Crippen molar-refractivity contribution in [3.05, 3.63) is 45.6 Å². The molecule has 2 rings (SSSR count). The van der Waals surface area contributed by atoms with Gasteiger partial charge in [0.05, 0.1) is 19.8 Å². The second kappa shape index (κ2) is 7.99. The van der Waals surface area contributed by atoms with Crippen molar-refractivity contribution in [3.63, 3.8) is 0 Å². The Labute approximate surface area is 140 Å². The molecule has 5 nitrogen and oxygen atoms in total. The molecule has 0 aliphatic heterocycles. The molecule has 2 aromatic rings. The lowest BCUT2D eigenvalue weighted by Gasteiger charge is -2.16. The molecule has 0 spiro atoms. The molecule has 6 heteroatoms. The monoisotopic (exact) mass is 335 g/mol. The fraction of sp³-hybridized carbons (Fsp3) is 0.353. The van der Waals surface area contributed by atoms with Gasteiger partial charge in [-0.05, 0) is 31.2 Å². The average Bonchev–Trinajstić information content (AvgIpc) is 3.00. The summed E-state index contributed by atoms with van der Waals surface area (Å²) in [6.07, 6.45) is -0.172. The lowest BCUT2D eigenvalue weighted by atomic mass is 10.1. The van der Waals surface area contributed by atoms with Gasteiger partial charge in [0, 0.05) is 23.4 Å². The molecule has 0 saturated carbocycles. The van der Waals surface area contributed by atoms with Crippen molar-refractivity contribution >= 4 is 17.2 Å². The first-order valence-corrected chi connectivity index (χ1v) is 8.00. The second-order valence-electron chi connectivity index (χ2n) is 4.92. The number of hydrogen-bond acceptors (Lipinski definition) is 5. The van der Waals surface area contributed by atoms with Crippen molar-refractivity contribution in [1.29, 1.82) is 0 Å². The Balaban J connectivity index is 2.10. The van der Waals surface area contributed by atoms with Crippen LogP contribution in [-0.2, 0) is 4.74 Å². The minimum Gasteiger partial charge on any atom is -0.493 e. The van der Waals surface area contributed by atoms with Crippen LogP contribution in [0.5, 0.6) is 11.5 Å². The van der Waals surface area contributed by atoms with E-state index in [1.807, 2.05) is 19.1 Å². The Bertz CT molecular complexity index is 668. The number of carbonyl (C=O) groups is 1. The van der Waals surface area contributed by atoms with E-state index < -0.39 is 0 Å². The maximum atomic E-state index is 12.5. The van der Waals surface area contributed by atoms with Crippen molar-refractivity contribution in [2.24, 2.45) is 0 Å². The van der Waals surface area contributed by atoms with E-state index in [9.17, 15) is 4.79 Å². The second-order valence-corrected chi connectivity index (χ2v) is 6.24. The molecule has 0 bridgehead atoms.